The maximum absolute atomic E-state index is 12.1. The first-order valence-electron chi connectivity index (χ1n) is 4.33. The second kappa shape index (κ2) is 5.25. The molecule has 0 fully saturated rings. The zero-order valence-electron chi connectivity index (χ0n) is 8.34. The van der Waals surface area contributed by atoms with Crippen LogP contribution in [0.4, 0.5) is 8.78 Å². The van der Waals surface area contributed by atoms with Gasteiger partial charge < -0.3 is 9.84 Å². The summed E-state index contributed by atoms with van der Waals surface area (Å²) in [6, 6.07) is 2.81. The summed E-state index contributed by atoms with van der Waals surface area (Å²) in [4.78, 5) is 10.9. The van der Waals surface area contributed by atoms with Crippen LogP contribution in [0.15, 0.2) is 12.1 Å². The van der Waals surface area contributed by atoms with E-state index in [0.717, 1.165) is 0 Å². The Labute approximate surface area is 99.2 Å². The highest BCUT2D eigenvalue weighted by atomic mass is 79.9. The summed E-state index contributed by atoms with van der Waals surface area (Å²) in [5.74, 6) is -1.27. The van der Waals surface area contributed by atoms with Crippen LogP contribution in [0.3, 0.4) is 0 Å². The Bertz CT molecular complexity index is 407. The molecule has 0 heterocycles. The lowest BCUT2D eigenvalue weighted by molar-refractivity contribution is -0.0504. The number of carboxylic acid groups (broad SMARTS) is 1. The molecule has 16 heavy (non-hydrogen) atoms. The van der Waals surface area contributed by atoms with Gasteiger partial charge in [0.2, 0.25) is 0 Å². The number of benzene rings is 1. The molecule has 0 aliphatic rings. The summed E-state index contributed by atoms with van der Waals surface area (Å²) in [6.07, 6.45) is 0. The first-order chi connectivity index (χ1) is 7.45. The van der Waals surface area contributed by atoms with E-state index in [1.807, 2.05) is 0 Å². The Kier molecular flexibility index (Phi) is 4.23. The van der Waals surface area contributed by atoms with Gasteiger partial charge >= 0.3 is 12.6 Å². The normalized spacial score (nSPS) is 10.6. The summed E-state index contributed by atoms with van der Waals surface area (Å²) < 4.78 is 28.4. The van der Waals surface area contributed by atoms with Crippen LogP contribution in [0.25, 0.3) is 0 Å². The molecule has 88 valence electrons. The van der Waals surface area contributed by atoms with E-state index in [2.05, 4.69) is 20.7 Å². The fourth-order valence-electron chi connectivity index (χ4n) is 1.26. The predicted octanol–water partition coefficient (Wildman–Crippen LogP) is 3.19. The number of carboxylic acids is 1. The number of rotatable bonds is 4. The lowest BCUT2D eigenvalue weighted by atomic mass is 10.0. The van der Waals surface area contributed by atoms with Gasteiger partial charge in [-0.1, -0.05) is 15.9 Å². The number of carbonyl (C=O) groups is 1. The van der Waals surface area contributed by atoms with Crippen molar-refractivity contribution in [1.82, 2.24) is 0 Å². The smallest absolute Gasteiger partial charge is 0.387 e. The SMILES string of the molecule is Cc1c(OC(F)F)cc(CBr)cc1C(=O)O. The van der Waals surface area contributed by atoms with Crippen LogP contribution in [0, 0.1) is 6.92 Å². The van der Waals surface area contributed by atoms with Gasteiger partial charge in [0.05, 0.1) is 5.56 Å². The minimum atomic E-state index is -2.97. The number of halogens is 3. The van der Waals surface area contributed by atoms with E-state index >= 15 is 0 Å². The summed E-state index contributed by atoms with van der Waals surface area (Å²) in [5, 5.41) is 9.25. The Morgan fingerprint density at radius 3 is 2.62 bits per heavy atom. The van der Waals surface area contributed by atoms with Crippen LogP contribution in [-0.4, -0.2) is 17.7 Å². The maximum Gasteiger partial charge on any atom is 0.387 e. The van der Waals surface area contributed by atoms with Crippen molar-refractivity contribution in [2.75, 3.05) is 0 Å². The molecule has 0 bridgehead atoms. The van der Waals surface area contributed by atoms with Gasteiger partial charge in [0.1, 0.15) is 5.75 Å². The average molecular weight is 295 g/mol. The van der Waals surface area contributed by atoms with Gasteiger partial charge in [-0.2, -0.15) is 8.78 Å². The van der Waals surface area contributed by atoms with Crippen LogP contribution in [0.1, 0.15) is 21.5 Å². The third kappa shape index (κ3) is 2.91. The van der Waals surface area contributed by atoms with Crippen molar-refractivity contribution in [3.8, 4) is 5.75 Å². The molecular formula is C10H9BrF2O3. The standard InChI is InChI=1S/C10H9BrF2O3/c1-5-7(9(14)15)2-6(4-11)3-8(5)16-10(12)13/h2-3,10H,4H2,1H3,(H,14,15). The molecule has 3 nitrogen and oxygen atoms in total. The van der Waals surface area contributed by atoms with E-state index in [4.69, 9.17) is 5.11 Å². The zero-order chi connectivity index (χ0) is 12.3. The second-order valence-corrected chi connectivity index (χ2v) is 3.64. The molecule has 6 heteroatoms. The summed E-state index contributed by atoms with van der Waals surface area (Å²) in [7, 11) is 0. The fourth-order valence-corrected chi connectivity index (χ4v) is 1.59. The van der Waals surface area contributed by atoms with Gasteiger partial charge in [0, 0.05) is 10.9 Å². The van der Waals surface area contributed by atoms with Crippen LogP contribution < -0.4 is 4.74 Å². The number of hydrogen-bond acceptors (Lipinski definition) is 2. The van der Waals surface area contributed by atoms with Gasteiger partial charge in [-0.3, -0.25) is 0 Å². The van der Waals surface area contributed by atoms with E-state index in [0.29, 0.717) is 10.9 Å². The van der Waals surface area contributed by atoms with Gasteiger partial charge in [-0.05, 0) is 24.6 Å². The molecule has 0 aliphatic carbocycles. The molecule has 1 aromatic rings. The highest BCUT2D eigenvalue weighted by Crippen LogP contribution is 2.26. The van der Waals surface area contributed by atoms with Gasteiger partial charge in [-0.25, -0.2) is 4.79 Å². The molecule has 0 saturated heterocycles. The maximum atomic E-state index is 12.1. The van der Waals surface area contributed by atoms with E-state index in [1.165, 1.54) is 19.1 Å². The molecule has 0 aliphatic heterocycles. The topological polar surface area (TPSA) is 46.5 Å². The summed E-state index contributed by atoms with van der Waals surface area (Å²) in [6.45, 7) is -1.54. The Morgan fingerprint density at radius 1 is 1.56 bits per heavy atom. The lowest BCUT2D eigenvalue weighted by Crippen LogP contribution is -2.08. The largest absolute Gasteiger partial charge is 0.478 e. The molecule has 0 saturated carbocycles. The lowest BCUT2D eigenvalue weighted by Gasteiger charge is -2.11. The van der Waals surface area contributed by atoms with Crippen LogP contribution in [0.2, 0.25) is 0 Å². The van der Waals surface area contributed by atoms with Gasteiger partial charge in [-0.15, -0.1) is 0 Å². The Hall–Kier alpha value is -1.17. The third-order valence-electron chi connectivity index (χ3n) is 2.02. The second-order valence-electron chi connectivity index (χ2n) is 3.08. The quantitative estimate of drug-likeness (QED) is 0.868. The summed E-state index contributed by atoms with van der Waals surface area (Å²) in [5.41, 5.74) is 0.726. The molecule has 1 N–H and O–H groups in total. The van der Waals surface area contributed by atoms with Gasteiger partial charge in [0.15, 0.2) is 0 Å². The number of alkyl halides is 3. The molecule has 0 spiro atoms. The van der Waals surface area contributed by atoms with Crippen molar-refractivity contribution in [2.24, 2.45) is 0 Å². The van der Waals surface area contributed by atoms with Crippen molar-refractivity contribution in [1.29, 1.82) is 0 Å². The Morgan fingerprint density at radius 2 is 2.19 bits per heavy atom. The highest BCUT2D eigenvalue weighted by Gasteiger charge is 2.16. The van der Waals surface area contributed by atoms with E-state index in [9.17, 15) is 13.6 Å². The van der Waals surface area contributed by atoms with E-state index < -0.39 is 12.6 Å². The molecule has 0 atom stereocenters. The molecular weight excluding hydrogens is 286 g/mol. The highest BCUT2D eigenvalue weighted by molar-refractivity contribution is 9.08. The molecule has 0 unspecified atom stereocenters. The van der Waals surface area contributed by atoms with Crippen molar-refractivity contribution in [3.63, 3.8) is 0 Å². The molecule has 0 aromatic heterocycles. The van der Waals surface area contributed by atoms with Crippen LogP contribution >= 0.6 is 15.9 Å². The van der Waals surface area contributed by atoms with E-state index in [-0.39, 0.29) is 16.9 Å². The minimum absolute atomic E-state index is 0.0346. The first-order valence-corrected chi connectivity index (χ1v) is 5.45. The monoisotopic (exact) mass is 294 g/mol. The molecule has 0 radical (unpaired) electrons. The van der Waals surface area contributed by atoms with Crippen LogP contribution in [-0.2, 0) is 5.33 Å². The van der Waals surface area contributed by atoms with Crippen molar-refractivity contribution >= 4 is 21.9 Å². The Balaban J connectivity index is 3.25. The average Bonchev–Trinajstić information content (AvgIpc) is 2.19. The zero-order valence-corrected chi connectivity index (χ0v) is 9.92. The first kappa shape index (κ1) is 12.9. The predicted molar refractivity (Wildman–Crippen MR) is 57.4 cm³/mol. The third-order valence-corrected chi connectivity index (χ3v) is 2.67. The van der Waals surface area contributed by atoms with Crippen molar-refractivity contribution < 1.29 is 23.4 Å². The van der Waals surface area contributed by atoms with E-state index in [1.54, 1.807) is 0 Å². The molecule has 1 rings (SSSR count). The minimum Gasteiger partial charge on any atom is -0.478 e. The van der Waals surface area contributed by atoms with Crippen LogP contribution in [0.5, 0.6) is 5.75 Å². The number of aromatic carboxylic acids is 1. The van der Waals surface area contributed by atoms with Gasteiger partial charge in [0.25, 0.3) is 0 Å². The summed E-state index contributed by atoms with van der Waals surface area (Å²) >= 11 is 3.13. The molecule has 1 aromatic carbocycles. The molecule has 0 amide bonds. The number of hydrogen-bond donors (Lipinski definition) is 1. The fraction of sp³-hybridized carbons (Fsp3) is 0.300. The number of ether oxygens (including phenoxy) is 1. The van der Waals surface area contributed by atoms with Crippen molar-refractivity contribution in [2.45, 2.75) is 18.9 Å². The van der Waals surface area contributed by atoms with Crippen molar-refractivity contribution in [3.05, 3.63) is 28.8 Å².